The molecule has 0 spiro atoms. The van der Waals surface area contributed by atoms with Gasteiger partial charge in [-0.3, -0.25) is 9.59 Å². The van der Waals surface area contributed by atoms with Crippen LogP contribution >= 0.6 is 0 Å². The first kappa shape index (κ1) is 14.0. The Hall–Kier alpha value is -1.11. The number of ether oxygens (including phenoxy) is 2. The van der Waals surface area contributed by atoms with Crippen LogP contribution in [0.4, 0.5) is 4.39 Å². The molecule has 1 fully saturated rings. The second kappa shape index (κ2) is 6.00. The fourth-order valence-electron chi connectivity index (χ4n) is 1.64. The van der Waals surface area contributed by atoms with Gasteiger partial charge in [0.15, 0.2) is 12.3 Å². The van der Waals surface area contributed by atoms with Crippen LogP contribution in [0.15, 0.2) is 0 Å². The molecule has 0 aromatic carbocycles. The molecule has 1 rings (SSSR count). The molecule has 1 N–H and O–H groups in total. The van der Waals surface area contributed by atoms with Gasteiger partial charge in [-0.1, -0.05) is 6.92 Å². The number of carboxylic acids is 1. The number of carbonyl (C=O) groups is 2. The first-order valence-electron chi connectivity index (χ1n) is 5.42. The molecule has 1 aliphatic rings. The van der Waals surface area contributed by atoms with E-state index in [0.717, 1.165) is 0 Å². The Morgan fingerprint density at radius 2 is 2.12 bits per heavy atom. The first-order chi connectivity index (χ1) is 7.95. The zero-order valence-electron chi connectivity index (χ0n) is 9.47. The van der Waals surface area contributed by atoms with Crippen molar-refractivity contribution >= 4 is 19.8 Å². The van der Waals surface area contributed by atoms with Crippen molar-refractivity contribution in [2.45, 2.75) is 50.6 Å². The molecular weight excluding hydrogens is 230 g/mol. The molecule has 1 aliphatic heterocycles. The van der Waals surface area contributed by atoms with E-state index in [0.29, 0.717) is 6.42 Å². The van der Waals surface area contributed by atoms with E-state index in [2.05, 4.69) is 0 Å². The van der Waals surface area contributed by atoms with Crippen molar-refractivity contribution in [3.8, 4) is 0 Å². The maximum atomic E-state index is 13.5. The van der Waals surface area contributed by atoms with Crippen LogP contribution in [0.1, 0.15) is 26.2 Å². The maximum Gasteiger partial charge on any atom is 0.306 e. The Labute approximate surface area is 99.7 Å². The van der Waals surface area contributed by atoms with Gasteiger partial charge in [0.25, 0.3) is 0 Å². The molecule has 2 radical (unpaired) electrons. The van der Waals surface area contributed by atoms with E-state index in [1.54, 1.807) is 6.92 Å². The summed E-state index contributed by atoms with van der Waals surface area (Å²) in [5, 5.41) is 8.39. The number of carbonyl (C=O) groups excluding carboxylic acids is 1. The van der Waals surface area contributed by atoms with Gasteiger partial charge in [0, 0.05) is 0 Å². The summed E-state index contributed by atoms with van der Waals surface area (Å²) in [5.41, 5.74) is 0. The molecule has 4 atom stereocenters. The van der Waals surface area contributed by atoms with Crippen LogP contribution in [-0.4, -0.2) is 49.3 Å². The van der Waals surface area contributed by atoms with E-state index in [9.17, 15) is 14.0 Å². The van der Waals surface area contributed by atoms with Crippen molar-refractivity contribution in [3.05, 3.63) is 0 Å². The van der Waals surface area contributed by atoms with Gasteiger partial charge in [0.2, 0.25) is 0 Å². The molecule has 0 aliphatic carbocycles. The minimum absolute atomic E-state index is 0.287. The second-order valence-electron chi connectivity index (χ2n) is 3.84. The number of hydrogen-bond acceptors (Lipinski definition) is 4. The average Bonchev–Trinajstić information content (AvgIpc) is 2.54. The average molecular weight is 244 g/mol. The van der Waals surface area contributed by atoms with Crippen molar-refractivity contribution in [2.75, 3.05) is 0 Å². The highest BCUT2D eigenvalue weighted by Crippen LogP contribution is 2.27. The van der Waals surface area contributed by atoms with Gasteiger partial charge in [-0.15, -0.1) is 0 Å². The molecular formula is C10H14BFO5. The predicted molar refractivity (Wildman–Crippen MR) is 56.4 cm³/mol. The molecule has 1 saturated heterocycles. The minimum Gasteiger partial charge on any atom is -0.481 e. The molecule has 0 bridgehead atoms. The summed E-state index contributed by atoms with van der Waals surface area (Å²) in [6.45, 7) is 1.76. The summed E-state index contributed by atoms with van der Waals surface area (Å²) in [6.07, 6.45) is -3.36. The number of halogens is 1. The van der Waals surface area contributed by atoms with Crippen molar-refractivity contribution in [1.82, 2.24) is 0 Å². The van der Waals surface area contributed by atoms with Crippen LogP contribution in [0.3, 0.4) is 0 Å². The minimum atomic E-state index is -1.58. The summed E-state index contributed by atoms with van der Waals surface area (Å²) >= 11 is 0. The Bertz CT molecular complexity index is 298. The standard InChI is InChI=1S/C10H14BFO5/c1-2-5-9(8(12)10(11)16-5)17-7(15)4-3-6(13)14/h5,8-10H,2-4H2,1H3,(H,13,14)/t5-,8?,9+,10-/m1/s1. The summed E-state index contributed by atoms with van der Waals surface area (Å²) in [4.78, 5) is 21.5. The van der Waals surface area contributed by atoms with Gasteiger partial charge >= 0.3 is 11.9 Å². The number of hydrogen-bond donors (Lipinski definition) is 1. The SMILES string of the molecule is [B][C@@H]1O[C@H](CC)[C@H](OC(=O)CCC(=O)O)C1F. The molecule has 1 unspecified atom stereocenters. The number of carboxylic acid groups (broad SMARTS) is 1. The van der Waals surface area contributed by atoms with Crippen molar-refractivity contribution in [1.29, 1.82) is 0 Å². The number of rotatable bonds is 5. The summed E-state index contributed by atoms with van der Waals surface area (Å²) in [6, 6.07) is -1.10. The van der Waals surface area contributed by atoms with E-state index in [4.69, 9.17) is 22.4 Å². The first-order valence-corrected chi connectivity index (χ1v) is 5.42. The van der Waals surface area contributed by atoms with Crippen LogP contribution in [0.25, 0.3) is 0 Å². The Morgan fingerprint density at radius 1 is 1.47 bits per heavy atom. The highest BCUT2D eigenvalue weighted by molar-refractivity contribution is 6.11. The number of alkyl halides is 1. The third-order valence-corrected chi connectivity index (χ3v) is 2.54. The lowest BCUT2D eigenvalue weighted by molar-refractivity contribution is -0.156. The van der Waals surface area contributed by atoms with Crippen LogP contribution in [-0.2, 0) is 19.1 Å². The van der Waals surface area contributed by atoms with Gasteiger partial charge in [-0.2, -0.15) is 0 Å². The normalized spacial score (nSPS) is 32.4. The van der Waals surface area contributed by atoms with Gasteiger partial charge < -0.3 is 14.6 Å². The highest BCUT2D eigenvalue weighted by Gasteiger charge is 2.43. The third-order valence-electron chi connectivity index (χ3n) is 2.54. The van der Waals surface area contributed by atoms with Gasteiger partial charge in [0.1, 0.15) is 7.85 Å². The Balaban J connectivity index is 2.48. The lowest BCUT2D eigenvalue weighted by Crippen LogP contribution is -2.34. The quantitative estimate of drug-likeness (QED) is 0.559. The number of aliphatic carboxylic acids is 1. The van der Waals surface area contributed by atoms with E-state index in [1.807, 2.05) is 0 Å². The maximum absolute atomic E-state index is 13.5. The molecule has 0 aromatic heterocycles. The predicted octanol–water partition coefficient (Wildman–Crippen LogP) is 0.404. The zero-order valence-corrected chi connectivity index (χ0v) is 9.47. The zero-order chi connectivity index (χ0) is 13.0. The van der Waals surface area contributed by atoms with Crippen molar-refractivity contribution in [2.24, 2.45) is 0 Å². The lowest BCUT2D eigenvalue weighted by Gasteiger charge is -2.18. The van der Waals surface area contributed by atoms with E-state index in [1.165, 1.54) is 0 Å². The molecule has 0 saturated carbocycles. The van der Waals surface area contributed by atoms with Crippen molar-refractivity contribution < 1.29 is 28.6 Å². The second-order valence-corrected chi connectivity index (χ2v) is 3.84. The van der Waals surface area contributed by atoms with Crippen LogP contribution in [0.2, 0.25) is 0 Å². The van der Waals surface area contributed by atoms with Crippen LogP contribution in [0, 0.1) is 0 Å². The van der Waals surface area contributed by atoms with Crippen LogP contribution in [0.5, 0.6) is 0 Å². The van der Waals surface area contributed by atoms with Gasteiger partial charge in [0.05, 0.1) is 24.9 Å². The molecule has 5 nitrogen and oxygen atoms in total. The van der Waals surface area contributed by atoms with E-state index >= 15 is 0 Å². The summed E-state index contributed by atoms with van der Waals surface area (Å²) < 4.78 is 23.5. The van der Waals surface area contributed by atoms with E-state index in [-0.39, 0.29) is 12.8 Å². The van der Waals surface area contributed by atoms with Gasteiger partial charge in [-0.05, 0) is 6.42 Å². The lowest BCUT2D eigenvalue weighted by atomic mass is 9.94. The summed E-state index contributed by atoms with van der Waals surface area (Å²) in [7, 11) is 5.35. The largest absolute Gasteiger partial charge is 0.481 e. The topological polar surface area (TPSA) is 72.8 Å². The van der Waals surface area contributed by atoms with Crippen molar-refractivity contribution in [3.63, 3.8) is 0 Å². The fourth-order valence-corrected chi connectivity index (χ4v) is 1.64. The monoisotopic (exact) mass is 244 g/mol. The molecule has 0 aromatic rings. The smallest absolute Gasteiger partial charge is 0.306 e. The highest BCUT2D eigenvalue weighted by atomic mass is 19.1. The van der Waals surface area contributed by atoms with Crippen LogP contribution < -0.4 is 0 Å². The molecule has 0 amide bonds. The molecule has 94 valence electrons. The third kappa shape index (κ3) is 3.69. The summed E-state index contributed by atoms with van der Waals surface area (Å²) in [5.74, 6) is -1.86. The molecule has 7 heteroatoms. The molecule has 1 heterocycles. The Kier molecular flexibility index (Phi) is 4.93. The number of esters is 1. The Morgan fingerprint density at radius 3 is 2.65 bits per heavy atom. The van der Waals surface area contributed by atoms with Gasteiger partial charge in [-0.25, -0.2) is 4.39 Å². The fraction of sp³-hybridized carbons (Fsp3) is 0.800. The molecule has 17 heavy (non-hydrogen) atoms. The van der Waals surface area contributed by atoms with E-state index < -0.39 is 36.3 Å².